The highest BCUT2D eigenvalue weighted by molar-refractivity contribution is 14.1. The summed E-state index contributed by atoms with van der Waals surface area (Å²) in [6.07, 6.45) is 2.06. The van der Waals surface area contributed by atoms with E-state index in [1.165, 1.54) is 5.06 Å². The normalized spacial score (nSPS) is 16.5. The number of nitrogens with zero attached hydrogens (tertiary/aromatic N) is 1. The Balaban J connectivity index is 2.12. The molecule has 1 aromatic rings. The van der Waals surface area contributed by atoms with Crippen LogP contribution in [-0.4, -0.2) is 24.1 Å². The summed E-state index contributed by atoms with van der Waals surface area (Å²) in [4.78, 5) is 17.3. The lowest BCUT2D eigenvalue weighted by Gasteiger charge is -2.25. The van der Waals surface area contributed by atoms with Gasteiger partial charge in [-0.2, -0.15) is 0 Å². The van der Waals surface area contributed by atoms with Crippen LogP contribution in [0.4, 0.5) is 0 Å². The molecule has 0 saturated carbocycles. The van der Waals surface area contributed by atoms with Crippen molar-refractivity contribution < 1.29 is 9.63 Å². The van der Waals surface area contributed by atoms with Gasteiger partial charge in [-0.25, -0.2) is 5.06 Å². The molecule has 1 fully saturated rings. The standard InChI is InChI=1S/C11H12INO2/c12-10-5-3-4-9(8-10)11(14)13-6-1-2-7-15-13/h3-5,8H,1-2,6-7H2. The van der Waals surface area contributed by atoms with Gasteiger partial charge in [0.25, 0.3) is 5.91 Å². The van der Waals surface area contributed by atoms with E-state index in [1.54, 1.807) is 0 Å². The van der Waals surface area contributed by atoms with Crippen LogP contribution in [0.15, 0.2) is 24.3 Å². The Labute approximate surface area is 103 Å². The third-order valence-corrected chi connectivity index (χ3v) is 2.97. The molecule has 0 bridgehead atoms. The topological polar surface area (TPSA) is 29.5 Å². The summed E-state index contributed by atoms with van der Waals surface area (Å²) in [5, 5.41) is 1.47. The first-order valence-electron chi connectivity index (χ1n) is 4.98. The molecule has 1 aliphatic heterocycles. The van der Waals surface area contributed by atoms with Gasteiger partial charge in [-0.15, -0.1) is 0 Å². The van der Waals surface area contributed by atoms with Gasteiger partial charge in [-0.3, -0.25) is 9.63 Å². The average Bonchev–Trinajstić information content (AvgIpc) is 2.29. The molecule has 4 heteroatoms. The van der Waals surface area contributed by atoms with Crippen molar-refractivity contribution >= 4 is 28.5 Å². The van der Waals surface area contributed by atoms with Gasteiger partial charge in [0.2, 0.25) is 0 Å². The molecule has 1 heterocycles. The highest BCUT2D eigenvalue weighted by atomic mass is 127. The Kier molecular flexibility index (Phi) is 3.58. The average molecular weight is 317 g/mol. The van der Waals surface area contributed by atoms with Crippen molar-refractivity contribution in [3.05, 3.63) is 33.4 Å². The molecule has 15 heavy (non-hydrogen) atoms. The maximum atomic E-state index is 11.9. The van der Waals surface area contributed by atoms with Crippen LogP contribution in [0.5, 0.6) is 0 Å². The molecular formula is C11H12INO2. The third kappa shape index (κ3) is 2.69. The van der Waals surface area contributed by atoms with Gasteiger partial charge in [-0.1, -0.05) is 6.07 Å². The summed E-state index contributed by atoms with van der Waals surface area (Å²) in [6.45, 7) is 1.35. The van der Waals surface area contributed by atoms with Crippen LogP contribution in [0.3, 0.4) is 0 Å². The minimum absolute atomic E-state index is 0.0341. The lowest BCUT2D eigenvalue weighted by molar-refractivity contribution is -0.144. The summed E-state index contributed by atoms with van der Waals surface area (Å²) < 4.78 is 1.07. The summed E-state index contributed by atoms with van der Waals surface area (Å²) in [7, 11) is 0. The van der Waals surface area contributed by atoms with E-state index >= 15 is 0 Å². The van der Waals surface area contributed by atoms with Crippen molar-refractivity contribution in [3.8, 4) is 0 Å². The van der Waals surface area contributed by atoms with E-state index in [0.717, 1.165) is 16.4 Å². The lowest BCUT2D eigenvalue weighted by atomic mass is 10.2. The maximum Gasteiger partial charge on any atom is 0.277 e. The van der Waals surface area contributed by atoms with Gasteiger partial charge in [0.15, 0.2) is 0 Å². The Hall–Kier alpha value is -0.620. The minimum Gasteiger partial charge on any atom is -0.271 e. The van der Waals surface area contributed by atoms with Crippen LogP contribution in [0.25, 0.3) is 0 Å². The smallest absolute Gasteiger partial charge is 0.271 e. The highest BCUT2D eigenvalue weighted by Crippen LogP contribution is 2.13. The summed E-state index contributed by atoms with van der Waals surface area (Å²) in [5.41, 5.74) is 0.698. The minimum atomic E-state index is -0.0341. The molecule has 0 aliphatic carbocycles. The number of hydroxylamine groups is 2. The first kappa shape index (κ1) is 10.9. The highest BCUT2D eigenvalue weighted by Gasteiger charge is 2.19. The fourth-order valence-electron chi connectivity index (χ4n) is 1.52. The number of halogens is 1. The molecule has 3 nitrogen and oxygen atoms in total. The number of hydrogen-bond acceptors (Lipinski definition) is 2. The zero-order chi connectivity index (χ0) is 10.7. The molecular weight excluding hydrogens is 305 g/mol. The SMILES string of the molecule is O=C(c1cccc(I)c1)N1CCCCO1. The van der Waals surface area contributed by atoms with Crippen molar-refractivity contribution in [2.75, 3.05) is 13.2 Å². The Morgan fingerprint density at radius 1 is 1.40 bits per heavy atom. The lowest BCUT2D eigenvalue weighted by Crippen LogP contribution is -2.35. The maximum absolute atomic E-state index is 11.9. The van der Waals surface area contributed by atoms with Crippen molar-refractivity contribution in [2.24, 2.45) is 0 Å². The zero-order valence-electron chi connectivity index (χ0n) is 8.28. The second kappa shape index (κ2) is 4.94. The number of carbonyl (C=O) groups is 1. The zero-order valence-corrected chi connectivity index (χ0v) is 10.4. The number of rotatable bonds is 1. The fourth-order valence-corrected chi connectivity index (χ4v) is 2.07. The van der Waals surface area contributed by atoms with Crippen LogP contribution < -0.4 is 0 Å². The van der Waals surface area contributed by atoms with Crippen LogP contribution in [0.2, 0.25) is 0 Å². The number of benzene rings is 1. The molecule has 1 aliphatic rings. The van der Waals surface area contributed by atoms with Crippen LogP contribution in [0.1, 0.15) is 23.2 Å². The monoisotopic (exact) mass is 317 g/mol. The molecule has 0 radical (unpaired) electrons. The Morgan fingerprint density at radius 2 is 2.27 bits per heavy atom. The quantitative estimate of drug-likeness (QED) is 0.745. The Morgan fingerprint density at radius 3 is 2.93 bits per heavy atom. The summed E-state index contributed by atoms with van der Waals surface area (Å²) >= 11 is 2.20. The summed E-state index contributed by atoms with van der Waals surface area (Å²) in [6, 6.07) is 7.55. The van der Waals surface area contributed by atoms with E-state index in [2.05, 4.69) is 22.6 Å². The van der Waals surface area contributed by atoms with Gasteiger partial charge >= 0.3 is 0 Å². The predicted molar refractivity (Wildman–Crippen MR) is 65.4 cm³/mol. The molecule has 80 valence electrons. The predicted octanol–water partition coefficient (Wildman–Crippen LogP) is 2.46. The van der Waals surface area contributed by atoms with E-state index in [-0.39, 0.29) is 5.91 Å². The van der Waals surface area contributed by atoms with Gasteiger partial charge in [-0.05, 0) is 53.6 Å². The molecule has 0 atom stereocenters. The molecule has 1 amide bonds. The molecule has 0 unspecified atom stereocenters. The van der Waals surface area contributed by atoms with Crippen molar-refractivity contribution in [1.82, 2.24) is 5.06 Å². The van der Waals surface area contributed by atoms with Gasteiger partial charge in [0.05, 0.1) is 6.61 Å². The summed E-state index contributed by atoms with van der Waals surface area (Å²) in [5.74, 6) is -0.0341. The second-order valence-electron chi connectivity index (χ2n) is 3.46. The molecule has 2 rings (SSSR count). The van der Waals surface area contributed by atoms with Crippen molar-refractivity contribution in [3.63, 3.8) is 0 Å². The van der Waals surface area contributed by atoms with Gasteiger partial charge in [0, 0.05) is 15.7 Å². The van der Waals surface area contributed by atoms with E-state index < -0.39 is 0 Å². The molecule has 0 aromatic heterocycles. The molecule has 0 spiro atoms. The van der Waals surface area contributed by atoms with Gasteiger partial charge in [0.1, 0.15) is 0 Å². The molecule has 0 N–H and O–H groups in total. The number of hydrogen-bond donors (Lipinski definition) is 0. The van der Waals surface area contributed by atoms with E-state index in [0.29, 0.717) is 18.7 Å². The van der Waals surface area contributed by atoms with Crippen LogP contribution in [-0.2, 0) is 4.84 Å². The van der Waals surface area contributed by atoms with Crippen LogP contribution in [0, 0.1) is 3.57 Å². The van der Waals surface area contributed by atoms with Crippen molar-refractivity contribution in [2.45, 2.75) is 12.8 Å². The van der Waals surface area contributed by atoms with E-state index in [9.17, 15) is 4.79 Å². The molecule has 1 aromatic carbocycles. The van der Waals surface area contributed by atoms with E-state index in [4.69, 9.17) is 4.84 Å². The number of carbonyl (C=O) groups excluding carboxylic acids is 1. The van der Waals surface area contributed by atoms with E-state index in [1.807, 2.05) is 24.3 Å². The fraction of sp³-hybridized carbons (Fsp3) is 0.364. The van der Waals surface area contributed by atoms with Gasteiger partial charge < -0.3 is 0 Å². The second-order valence-corrected chi connectivity index (χ2v) is 4.70. The third-order valence-electron chi connectivity index (χ3n) is 2.30. The Bertz CT molecular complexity index is 361. The number of amides is 1. The molecule has 1 saturated heterocycles. The van der Waals surface area contributed by atoms with Crippen LogP contribution >= 0.6 is 22.6 Å². The largest absolute Gasteiger partial charge is 0.277 e. The first-order valence-corrected chi connectivity index (χ1v) is 6.05. The first-order chi connectivity index (χ1) is 7.27. The van der Waals surface area contributed by atoms with Crippen molar-refractivity contribution in [1.29, 1.82) is 0 Å².